The first-order valence-electron chi connectivity index (χ1n) is 10.5. The van der Waals surface area contributed by atoms with Crippen molar-refractivity contribution in [2.75, 3.05) is 0 Å². The van der Waals surface area contributed by atoms with Gasteiger partial charge in [0.05, 0.1) is 16.6 Å². The van der Waals surface area contributed by atoms with E-state index in [9.17, 15) is 0 Å². The summed E-state index contributed by atoms with van der Waals surface area (Å²) in [5, 5.41) is 5.92. The lowest BCUT2D eigenvalue weighted by atomic mass is 9.78. The van der Waals surface area contributed by atoms with Crippen LogP contribution in [0.25, 0.3) is 49.1 Å². The average Bonchev–Trinajstić information content (AvgIpc) is 3.38. The average molecular weight is 412 g/mol. The summed E-state index contributed by atoms with van der Waals surface area (Å²) in [7, 11) is -0.549. The van der Waals surface area contributed by atoms with E-state index < -0.39 is 7.12 Å². The maximum Gasteiger partial charge on any atom is 0.632 e. The van der Waals surface area contributed by atoms with Gasteiger partial charge in [0.25, 0.3) is 0 Å². The predicted molar refractivity (Wildman–Crippen MR) is 131 cm³/mol. The van der Waals surface area contributed by atoms with E-state index in [1.54, 1.807) is 0 Å². The summed E-state index contributed by atoms with van der Waals surface area (Å²) in [5.74, 6) is 0.940. The van der Waals surface area contributed by atoms with Crippen molar-refractivity contribution >= 4 is 61.7 Å². The van der Waals surface area contributed by atoms with Gasteiger partial charge in [-0.15, -0.1) is 0 Å². The summed E-state index contributed by atoms with van der Waals surface area (Å²) in [4.78, 5) is 5.02. The van der Waals surface area contributed by atoms with Crippen LogP contribution in [-0.4, -0.2) is 16.5 Å². The molecule has 1 aliphatic rings. The molecular formula is C27H17BN2O2. The Morgan fingerprint density at radius 1 is 0.719 bits per heavy atom. The van der Waals surface area contributed by atoms with Gasteiger partial charge in [-0.25, -0.2) is 4.98 Å². The van der Waals surface area contributed by atoms with Crippen LogP contribution in [0.5, 0.6) is 0 Å². The summed E-state index contributed by atoms with van der Waals surface area (Å²) in [6.07, 6.45) is 0. The van der Waals surface area contributed by atoms with E-state index in [-0.39, 0.29) is 0 Å². The van der Waals surface area contributed by atoms with E-state index >= 15 is 0 Å². The number of benzene rings is 4. The van der Waals surface area contributed by atoms with Crippen molar-refractivity contribution in [3.63, 3.8) is 0 Å². The molecule has 0 N–H and O–H groups in total. The molecule has 0 spiro atoms. The molecule has 1 saturated heterocycles. The van der Waals surface area contributed by atoms with E-state index in [2.05, 4.69) is 84.3 Å². The van der Waals surface area contributed by atoms with Crippen LogP contribution in [0, 0.1) is 0 Å². The largest absolute Gasteiger partial charge is 0.632 e. The van der Waals surface area contributed by atoms with Gasteiger partial charge in [-0.1, -0.05) is 67.8 Å². The maximum atomic E-state index is 5.81. The Hall–Kier alpha value is -4.25. The van der Waals surface area contributed by atoms with Gasteiger partial charge >= 0.3 is 7.12 Å². The molecule has 32 heavy (non-hydrogen) atoms. The monoisotopic (exact) mass is 412 g/mol. The van der Waals surface area contributed by atoms with Crippen molar-refractivity contribution in [2.45, 2.75) is 0 Å². The van der Waals surface area contributed by atoms with Gasteiger partial charge in [0.1, 0.15) is 17.2 Å². The fourth-order valence-corrected chi connectivity index (χ4v) is 4.84. The lowest BCUT2D eigenvalue weighted by Crippen LogP contribution is -2.31. The molecule has 0 atom stereocenters. The van der Waals surface area contributed by atoms with E-state index in [4.69, 9.17) is 14.3 Å². The first kappa shape index (κ1) is 17.4. The second-order valence-electron chi connectivity index (χ2n) is 8.16. The Kier molecular flexibility index (Phi) is 3.35. The zero-order chi connectivity index (χ0) is 21.4. The quantitative estimate of drug-likeness (QED) is 0.256. The molecule has 0 amide bonds. The molecule has 4 nitrogen and oxygen atoms in total. The fourth-order valence-electron chi connectivity index (χ4n) is 4.84. The van der Waals surface area contributed by atoms with Crippen LogP contribution in [-0.2, 0) is 9.31 Å². The minimum atomic E-state index is -0.549. The Balaban J connectivity index is 1.69. The van der Waals surface area contributed by atoms with Crippen LogP contribution in [0.2, 0.25) is 0 Å². The van der Waals surface area contributed by atoms with Crippen molar-refractivity contribution < 1.29 is 9.31 Å². The number of nitrogens with zero attached hydrogens (tertiary/aromatic N) is 2. The molecule has 3 heterocycles. The number of aromatic nitrogens is 2. The number of imidazole rings is 1. The molecule has 150 valence electrons. The summed E-state index contributed by atoms with van der Waals surface area (Å²) >= 11 is 0. The topological polar surface area (TPSA) is 35.8 Å². The summed E-state index contributed by atoms with van der Waals surface area (Å²) in [6, 6.07) is 27.5. The number of hydrogen-bond acceptors (Lipinski definition) is 3. The molecule has 2 aromatic heterocycles. The Morgan fingerprint density at radius 2 is 1.47 bits per heavy atom. The molecule has 6 aromatic rings. The summed E-state index contributed by atoms with van der Waals surface area (Å²) in [5.41, 5.74) is 4.96. The van der Waals surface area contributed by atoms with Crippen LogP contribution < -0.4 is 5.46 Å². The minimum Gasteiger partial charge on any atom is -0.520 e. The Morgan fingerprint density at radius 3 is 2.34 bits per heavy atom. The zero-order valence-electron chi connectivity index (χ0n) is 17.2. The highest BCUT2D eigenvalue weighted by atomic mass is 16.6. The van der Waals surface area contributed by atoms with Crippen molar-refractivity contribution in [2.24, 2.45) is 0 Å². The molecule has 0 unspecified atom stereocenters. The number of fused-ring (bicyclic) bond motifs is 10. The van der Waals surface area contributed by atoms with E-state index in [1.807, 2.05) is 12.1 Å². The third-order valence-corrected chi connectivity index (χ3v) is 6.34. The SMILES string of the molecule is C=C1OB(c2ccc3c4c5ccccc5ccc4c4nc5ccccc5n4c3c2)OC1=C. The van der Waals surface area contributed by atoms with Crippen LogP contribution in [0.4, 0.5) is 0 Å². The van der Waals surface area contributed by atoms with Gasteiger partial charge in [0, 0.05) is 21.6 Å². The van der Waals surface area contributed by atoms with Crippen LogP contribution >= 0.6 is 0 Å². The molecule has 0 bridgehead atoms. The van der Waals surface area contributed by atoms with E-state index in [1.165, 1.54) is 16.2 Å². The first-order valence-corrected chi connectivity index (χ1v) is 10.5. The molecular weight excluding hydrogens is 395 g/mol. The second kappa shape index (κ2) is 6.14. The molecule has 1 fully saturated rings. The van der Waals surface area contributed by atoms with Gasteiger partial charge in [-0.2, -0.15) is 0 Å². The van der Waals surface area contributed by atoms with E-state index in [0.717, 1.165) is 38.4 Å². The van der Waals surface area contributed by atoms with Gasteiger partial charge in [0.2, 0.25) is 0 Å². The molecule has 0 radical (unpaired) electrons. The third-order valence-electron chi connectivity index (χ3n) is 6.34. The van der Waals surface area contributed by atoms with Gasteiger partial charge in [-0.3, -0.25) is 4.40 Å². The minimum absolute atomic E-state index is 0.470. The number of para-hydroxylation sites is 2. The van der Waals surface area contributed by atoms with Crippen LogP contribution in [0.15, 0.2) is 104 Å². The fraction of sp³-hybridized carbons (Fsp3) is 0. The lowest BCUT2D eigenvalue weighted by molar-refractivity contribution is 0.431. The maximum absolute atomic E-state index is 5.81. The van der Waals surface area contributed by atoms with E-state index in [0.29, 0.717) is 11.5 Å². The highest BCUT2D eigenvalue weighted by Crippen LogP contribution is 2.36. The lowest BCUT2D eigenvalue weighted by Gasteiger charge is -2.13. The molecule has 0 saturated carbocycles. The highest BCUT2D eigenvalue weighted by Gasteiger charge is 2.35. The smallest absolute Gasteiger partial charge is 0.520 e. The molecule has 0 aliphatic carbocycles. The highest BCUT2D eigenvalue weighted by molar-refractivity contribution is 6.63. The normalized spacial score (nSPS) is 14.2. The summed E-state index contributed by atoms with van der Waals surface area (Å²) < 4.78 is 13.9. The van der Waals surface area contributed by atoms with Crippen molar-refractivity contribution in [1.82, 2.24) is 9.38 Å². The van der Waals surface area contributed by atoms with Gasteiger partial charge in [0.15, 0.2) is 0 Å². The number of pyridine rings is 1. The van der Waals surface area contributed by atoms with Crippen LogP contribution in [0.3, 0.4) is 0 Å². The van der Waals surface area contributed by atoms with Gasteiger partial charge in [-0.05, 0) is 35.0 Å². The molecule has 4 aromatic carbocycles. The molecule has 7 rings (SSSR count). The Labute approximate surface area is 184 Å². The van der Waals surface area contributed by atoms with Gasteiger partial charge < -0.3 is 9.31 Å². The molecule has 1 aliphatic heterocycles. The van der Waals surface area contributed by atoms with Crippen molar-refractivity contribution in [3.8, 4) is 0 Å². The predicted octanol–water partition coefficient (Wildman–Crippen LogP) is 5.72. The second-order valence-corrected chi connectivity index (χ2v) is 8.16. The third kappa shape index (κ3) is 2.25. The number of hydrogen-bond donors (Lipinski definition) is 0. The van der Waals surface area contributed by atoms with Crippen molar-refractivity contribution in [1.29, 1.82) is 0 Å². The first-order chi connectivity index (χ1) is 15.7. The number of rotatable bonds is 1. The summed E-state index contributed by atoms with van der Waals surface area (Å²) in [6.45, 7) is 7.74. The Bertz CT molecular complexity index is 1770. The molecule has 5 heteroatoms. The van der Waals surface area contributed by atoms with Crippen LogP contribution in [0.1, 0.15) is 0 Å². The standard InChI is InChI=1S/C27H17BN2O2/c1-16-17(2)32-28(31-16)19-12-14-21-25(15-19)30-24-10-6-5-9-23(24)29-27(30)22-13-11-18-7-3-4-8-20(18)26(21)22/h3-15H,1-2H2. The zero-order valence-corrected chi connectivity index (χ0v) is 17.2. The van der Waals surface area contributed by atoms with Crippen molar-refractivity contribution in [3.05, 3.63) is 104 Å².